The zero-order chi connectivity index (χ0) is 13.1. The highest BCUT2D eigenvalue weighted by Gasteiger charge is 2.13. The monoisotopic (exact) mass is 243 g/mol. The Labute approximate surface area is 106 Å². The van der Waals surface area contributed by atoms with E-state index in [1.165, 1.54) is 0 Å². The van der Waals surface area contributed by atoms with Crippen LogP contribution in [0.2, 0.25) is 0 Å². The van der Waals surface area contributed by atoms with E-state index in [1.54, 1.807) is 4.68 Å². The number of benzene rings is 1. The van der Waals surface area contributed by atoms with E-state index in [0.717, 1.165) is 30.2 Å². The van der Waals surface area contributed by atoms with Crippen molar-refractivity contribution in [1.82, 2.24) is 14.8 Å². The van der Waals surface area contributed by atoms with E-state index in [1.807, 2.05) is 38.1 Å². The predicted octanol–water partition coefficient (Wildman–Crippen LogP) is 1.68. The van der Waals surface area contributed by atoms with Gasteiger partial charge in [-0.1, -0.05) is 26.0 Å². The third-order valence-electron chi connectivity index (χ3n) is 2.77. The zero-order valence-electron chi connectivity index (χ0n) is 10.6. The lowest BCUT2D eigenvalue weighted by Crippen LogP contribution is -2.16. The van der Waals surface area contributed by atoms with Crippen LogP contribution < -0.4 is 5.73 Å². The molecule has 94 valence electrons. The highest BCUT2D eigenvalue weighted by atomic mass is 15.4. The first-order valence-electron chi connectivity index (χ1n) is 6.06. The van der Waals surface area contributed by atoms with E-state index >= 15 is 0 Å². The molecule has 1 heterocycles. The number of amidine groups is 1. The van der Waals surface area contributed by atoms with Crippen molar-refractivity contribution >= 4 is 5.84 Å². The molecule has 18 heavy (non-hydrogen) atoms. The fourth-order valence-corrected chi connectivity index (χ4v) is 1.85. The van der Waals surface area contributed by atoms with Gasteiger partial charge >= 0.3 is 0 Å². The lowest BCUT2D eigenvalue weighted by Gasteiger charge is -2.09. The number of hydrogen-bond acceptors (Lipinski definition) is 3. The van der Waals surface area contributed by atoms with Crippen molar-refractivity contribution in [2.75, 3.05) is 0 Å². The van der Waals surface area contributed by atoms with Crippen molar-refractivity contribution in [3.05, 3.63) is 41.5 Å². The summed E-state index contributed by atoms with van der Waals surface area (Å²) in [4.78, 5) is 4.46. The molecule has 0 spiro atoms. The highest BCUT2D eigenvalue weighted by Crippen LogP contribution is 2.15. The molecule has 2 aromatic rings. The number of aryl methyl sites for hydroxylation is 2. The zero-order valence-corrected chi connectivity index (χ0v) is 10.6. The molecule has 0 saturated heterocycles. The molecule has 0 fully saturated rings. The summed E-state index contributed by atoms with van der Waals surface area (Å²) in [7, 11) is 0. The average Bonchev–Trinajstić information content (AvgIpc) is 2.81. The molecule has 0 aliphatic carbocycles. The Hall–Kier alpha value is -2.17. The molecule has 5 heteroatoms. The van der Waals surface area contributed by atoms with Gasteiger partial charge in [0.2, 0.25) is 0 Å². The standard InChI is InChI=1S/C13H17N5/c1-3-11-16-12(4-2)18(17-11)10-8-6-5-7-9(10)13(14)15/h5-8H,3-4H2,1-2H3,(H3,14,15). The lowest BCUT2D eigenvalue weighted by atomic mass is 10.1. The van der Waals surface area contributed by atoms with Gasteiger partial charge in [-0.2, -0.15) is 5.10 Å². The number of para-hydroxylation sites is 1. The van der Waals surface area contributed by atoms with Crippen molar-refractivity contribution in [2.24, 2.45) is 5.73 Å². The van der Waals surface area contributed by atoms with Crippen molar-refractivity contribution in [1.29, 1.82) is 5.41 Å². The van der Waals surface area contributed by atoms with Gasteiger partial charge in [0.05, 0.1) is 5.69 Å². The average molecular weight is 243 g/mol. The quantitative estimate of drug-likeness (QED) is 0.633. The van der Waals surface area contributed by atoms with Gasteiger partial charge in [-0.3, -0.25) is 5.41 Å². The van der Waals surface area contributed by atoms with Crippen LogP contribution in [-0.4, -0.2) is 20.6 Å². The SMILES string of the molecule is CCc1nc(CC)n(-c2ccccc2C(=N)N)n1. The van der Waals surface area contributed by atoms with Crippen LogP contribution in [0.4, 0.5) is 0 Å². The molecule has 5 nitrogen and oxygen atoms in total. The van der Waals surface area contributed by atoms with Gasteiger partial charge in [-0.25, -0.2) is 9.67 Å². The molecule has 0 radical (unpaired) electrons. The highest BCUT2D eigenvalue weighted by molar-refractivity contribution is 5.98. The van der Waals surface area contributed by atoms with Crippen LogP contribution in [0.15, 0.2) is 24.3 Å². The lowest BCUT2D eigenvalue weighted by molar-refractivity contribution is 0.789. The number of nitrogens with zero attached hydrogens (tertiary/aromatic N) is 3. The molecule has 0 atom stereocenters. The van der Waals surface area contributed by atoms with Crippen LogP contribution in [0, 0.1) is 5.41 Å². The summed E-state index contributed by atoms with van der Waals surface area (Å²) < 4.78 is 1.79. The van der Waals surface area contributed by atoms with Crippen LogP contribution in [0.1, 0.15) is 31.1 Å². The number of nitrogen functional groups attached to an aromatic ring is 1. The molecule has 0 amide bonds. The molecule has 0 aliphatic heterocycles. The summed E-state index contributed by atoms with van der Waals surface area (Å²) in [5.41, 5.74) is 7.10. The Morgan fingerprint density at radius 3 is 2.61 bits per heavy atom. The summed E-state index contributed by atoms with van der Waals surface area (Å²) in [6.07, 6.45) is 1.58. The normalized spacial score (nSPS) is 10.6. The molecule has 0 aliphatic rings. The summed E-state index contributed by atoms with van der Waals surface area (Å²) in [6.45, 7) is 4.06. The van der Waals surface area contributed by atoms with Crippen LogP contribution in [0.3, 0.4) is 0 Å². The van der Waals surface area contributed by atoms with Crippen LogP contribution >= 0.6 is 0 Å². The first-order chi connectivity index (χ1) is 8.67. The van der Waals surface area contributed by atoms with Crippen molar-refractivity contribution in [3.63, 3.8) is 0 Å². The third-order valence-corrected chi connectivity index (χ3v) is 2.77. The summed E-state index contributed by atoms with van der Waals surface area (Å²) >= 11 is 0. The smallest absolute Gasteiger partial charge is 0.151 e. The first kappa shape index (κ1) is 12.3. The number of rotatable bonds is 4. The van der Waals surface area contributed by atoms with E-state index < -0.39 is 0 Å². The van der Waals surface area contributed by atoms with Gasteiger partial charge in [-0.05, 0) is 12.1 Å². The number of nitrogens with one attached hydrogen (secondary N) is 1. The molecule has 0 unspecified atom stereocenters. The van der Waals surface area contributed by atoms with E-state index in [4.69, 9.17) is 11.1 Å². The van der Waals surface area contributed by atoms with Gasteiger partial charge in [0.15, 0.2) is 5.82 Å². The summed E-state index contributed by atoms with van der Waals surface area (Å²) in [5.74, 6) is 1.74. The molecule has 0 saturated carbocycles. The molecule has 3 N–H and O–H groups in total. The van der Waals surface area contributed by atoms with Crippen molar-refractivity contribution in [3.8, 4) is 5.69 Å². The predicted molar refractivity (Wildman–Crippen MR) is 71.1 cm³/mol. The number of nitrogens with two attached hydrogens (primary N) is 1. The summed E-state index contributed by atoms with van der Waals surface area (Å²) in [6, 6.07) is 7.51. The second-order valence-electron chi connectivity index (χ2n) is 3.99. The molecule has 1 aromatic carbocycles. The van der Waals surface area contributed by atoms with E-state index in [2.05, 4.69) is 10.1 Å². The van der Waals surface area contributed by atoms with Gasteiger partial charge < -0.3 is 5.73 Å². The third kappa shape index (κ3) is 2.11. The van der Waals surface area contributed by atoms with Gasteiger partial charge in [0.1, 0.15) is 11.7 Å². The Morgan fingerprint density at radius 2 is 2.00 bits per heavy atom. The minimum atomic E-state index is 0.0428. The minimum absolute atomic E-state index is 0.0428. The maximum atomic E-state index is 7.62. The Kier molecular flexibility index (Phi) is 3.41. The van der Waals surface area contributed by atoms with E-state index in [9.17, 15) is 0 Å². The second kappa shape index (κ2) is 5.00. The Balaban J connectivity index is 2.61. The fourth-order valence-electron chi connectivity index (χ4n) is 1.85. The van der Waals surface area contributed by atoms with Crippen LogP contribution in [-0.2, 0) is 12.8 Å². The van der Waals surface area contributed by atoms with Crippen LogP contribution in [0.25, 0.3) is 5.69 Å². The van der Waals surface area contributed by atoms with E-state index in [-0.39, 0.29) is 5.84 Å². The molecular weight excluding hydrogens is 226 g/mol. The summed E-state index contributed by atoms with van der Waals surface area (Å²) in [5, 5.41) is 12.1. The minimum Gasteiger partial charge on any atom is -0.384 e. The molecule has 2 rings (SSSR count). The van der Waals surface area contributed by atoms with E-state index in [0.29, 0.717) is 5.56 Å². The largest absolute Gasteiger partial charge is 0.384 e. The molecule has 1 aromatic heterocycles. The van der Waals surface area contributed by atoms with Crippen LogP contribution in [0.5, 0.6) is 0 Å². The van der Waals surface area contributed by atoms with Crippen molar-refractivity contribution < 1.29 is 0 Å². The fraction of sp³-hybridized carbons (Fsp3) is 0.308. The Morgan fingerprint density at radius 1 is 1.28 bits per heavy atom. The van der Waals surface area contributed by atoms with Gasteiger partial charge in [0, 0.05) is 18.4 Å². The number of aromatic nitrogens is 3. The maximum absolute atomic E-state index is 7.62. The maximum Gasteiger partial charge on any atom is 0.151 e. The topological polar surface area (TPSA) is 80.6 Å². The molecular formula is C13H17N5. The van der Waals surface area contributed by atoms with Crippen molar-refractivity contribution in [2.45, 2.75) is 26.7 Å². The molecule has 0 bridgehead atoms. The van der Waals surface area contributed by atoms with Gasteiger partial charge in [0.25, 0.3) is 0 Å². The second-order valence-corrected chi connectivity index (χ2v) is 3.99. The Bertz CT molecular complexity index is 571. The number of hydrogen-bond donors (Lipinski definition) is 2. The van der Waals surface area contributed by atoms with Gasteiger partial charge in [-0.15, -0.1) is 0 Å². The first-order valence-corrected chi connectivity index (χ1v) is 6.06.